The van der Waals surface area contributed by atoms with Gasteiger partial charge in [-0.15, -0.1) is 0 Å². The van der Waals surface area contributed by atoms with Crippen LogP contribution in [-0.4, -0.2) is 17.7 Å². The van der Waals surface area contributed by atoms with Gasteiger partial charge >= 0.3 is 35.5 Å². The van der Waals surface area contributed by atoms with Crippen molar-refractivity contribution in [3.05, 3.63) is 0 Å². The van der Waals surface area contributed by atoms with E-state index in [4.69, 9.17) is 5.11 Å². The van der Waals surface area contributed by atoms with Crippen LogP contribution in [0.4, 0.5) is 0 Å². The molecule has 1 N–H and O–H groups in total. The Hall–Kier alpha value is 0.620. The minimum absolute atomic E-state index is 0. The van der Waals surface area contributed by atoms with Gasteiger partial charge in [0.2, 0.25) is 0 Å². The van der Waals surface area contributed by atoms with Crippen LogP contribution in [0.2, 0.25) is 0 Å². The van der Waals surface area contributed by atoms with Crippen molar-refractivity contribution >= 4 is 14.2 Å². The van der Waals surface area contributed by atoms with Crippen LogP contribution in [0.1, 0.15) is 6.42 Å². The Labute approximate surface area is 80.6 Å². The fourth-order valence-electron chi connectivity index (χ4n) is 0.222. The Balaban J connectivity index is 0. The van der Waals surface area contributed by atoms with Crippen LogP contribution in [-0.2, 0) is 13.9 Å². The van der Waals surface area contributed by atoms with E-state index in [1.807, 2.05) is 0 Å². The number of carbonyl (C=O) groups is 1. The molecular formula is C3H6NaO5P. The van der Waals surface area contributed by atoms with Crippen molar-refractivity contribution in [1.29, 1.82) is 0 Å². The first-order chi connectivity index (χ1) is 4.13. The maximum Gasteiger partial charge on any atom is 1.00 e. The summed E-state index contributed by atoms with van der Waals surface area (Å²) in [5, 5.41) is 7.95. The summed E-state index contributed by atoms with van der Waals surface area (Å²) in [4.78, 5) is 19.3. The third-order valence-corrected chi connectivity index (χ3v) is 0.976. The van der Waals surface area contributed by atoms with E-state index in [1.54, 1.807) is 0 Å². The Morgan fingerprint density at radius 1 is 1.70 bits per heavy atom. The molecule has 0 rings (SSSR count). The Bertz CT molecular complexity index is 112. The van der Waals surface area contributed by atoms with Crippen molar-refractivity contribution in [3.8, 4) is 0 Å². The number of carboxylic acid groups (broad SMARTS) is 1. The van der Waals surface area contributed by atoms with Crippen LogP contribution in [0.15, 0.2) is 0 Å². The zero-order valence-electron chi connectivity index (χ0n) is 5.49. The Morgan fingerprint density at radius 2 is 2.20 bits per heavy atom. The van der Waals surface area contributed by atoms with E-state index < -0.39 is 14.2 Å². The van der Waals surface area contributed by atoms with E-state index in [0.717, 1.165) is 0 Å². The van der Waals surface area contributed by atoms with E-state index in [0.29, 0.717) is 0 Å². The molecule has 0 bridgehead atoms. The van der Waals surface area contributed by atoms with Gasteiger partial charge < -0.3 is 19.1 Å². The summed E-state index contributed by atoms with van der Waals surface area (Å²) in [7, 11) is -3.19. The van der Waals surface area contributed by atoms with Crippen molar-refractivity contribution < 1.29 is 53.4 Å². The van der Waals surface area contributed by atoms with Crippen molar-refractivity contribution in [2.75, 3.05) is 6.61 Å². The fourth-order valence-corrected chi connectivity index (χ4v) is 0.490. The second-order valence-corrected chi connectivity index (χ2v) is 2.03. The van der Waals surface area contributed by atoms with Crippen LogP contribution in [0, 0.1) is 0 Å². The smallest absolute Gasteiger partial charge is 0.781 e. The number of hydrogen-bond acceptors (Lipinski definition) is 4. The van der Waals surface area contributed by atoms with E-state index in [2.05, 4.69) is 4.52 Å². The van der Waals surface area contributed by atoms with Gasteiger partial charge in [-0.25, -0.2) is 0 Å². The summed E-state index contributed by atoms with van der Waals surface area (Å²) in [6, 6.07) is 0. The second-order valence-electron chi connectivity index (χ2n) is 1.24. The van der Waals surface area contributed by atoms with Gasteiger partial charge in [0.05, 0.1) is 13.0 Å². The molecule has 10 heavy (non-hydrogen) atoms. The van der Waals surface area contributed by atoms with Crippen molar-refractivity contribution in [2.45, 2.75) is 6.42 Å². The van der Waals surface area contributed by atoms with Crippen molar-refractivity contribution in [3.63, 3.8) is 0 Å². The maximum atomic E-state index is 9.71. The summed E-state index contributed by atoms with van der Waals surface area (Å²) < 4.78 is 13.6. The molecule has 0 aromatic carbocycles. The molecule has 0 saturated heterocycles. The Morgan fingerprint density at radius 3 is 2.50 bits per heavy atom. The SMILES string of the molecule is O=C(O)CCO[PH](=O)[O-].[Na+]. The molecule has 1 atom stereocenters. The summed E-state index contributed by atoms with van der Waals surface area (Å²) in [6.07, 6.45) is -0.279. The van der Waals surface area contributed by atoms with Gasteiger partial charge in [0.25, 0.3) is 0 Å². The maximum absolute atomic E-state index is 9.71. The predicted molar refractivity (Wildman–Crippen MR) is 27.2 cm³/mol. The molecule has 0 aromatic rings. The average molecular weight is 176 g/mol. The van der Waals surface area contributed by atoms with Crippen LogP contribution >= 0.6 is 8.25 Å². The topological polar surface area (TPSA) is 86.7 Å². The number of hydrogen-bond donors (Lipinski definition) is 1. The molecule has 7 heteroatoms. The van der Waals surface area contributed by atoms with Crippen LogP contribution in [0.25, 0.3) is 0 Å². The van der Waals surface area contributed by atoms with Gasteiger partial charge in [-0.2, -0.15) is 0 Å². The van der Waals surface area contributed by atoms with Crippen molar-refractivity contribution in [1.82, 2.24) is 0 Å². The average Bonchev–Trinajstić information content (AvgIpc) is 1.63. The first kappa shape index (κ1) is 13.2. The molecule has 0 amide bonds. The van der Waals surface area contributed by atoms with E-state index in [9.17, 15) is 14.3 Å². The molecule has 54 valence electrons. The third-order valence-electron chi connectivity index (χ3n) is 0.536. The van der Waals surface area contributed by atoms with Crippen LogP contribution in [0.3, 0.4) is 0 Å². The Kier molecular flexibility index (Phi) is 10.2. The molecule has 0 aliphatic heterocycles. The molecule has 0 aromatic heterocycles. The van der Waals surface area contributed by atoms with Gasteiger partial charge in [-0.05, 0) is 0 Å². The zero-order valence-corrected chi connectivity index (χ0v) is 8.49. The summed E-state index contributed by atoms with van der Waals surface area (Å²) in [5.74, 6) is -1.07. The summed E-state index contributed by atoms with van der Waals surface area (Å²) in [6.45, 7) is -0.267. The second kappa shape index (κ2) is 7.72. The predicted octanol–water partition coefficient (Wildman–Crippen LogP) is -3.77. The molecule has 1 unspecified atom stereocenters. The normalized spacial score (nSPS) is 11.7. The minimum atomic E-state index is -3.19. The summed E-state index contributed by atoms with van der Waals surface area (Å²) >= 11 is 0. The van der Waals surface area contributed by atoms with E-state index >= 15 is 0 Å². The molecule has 0 fully saturated rings. The van der Waals surface area contributed by atoms with Crippen LogP contribution < -0.4 is 34.5 Å². The molecular weight excluding hydrogens is 170 g/mol. The van der Waals surface area contributed by atoms with Gasteiger partial charge in [0, 0.05) is 0 Å². The van der Waals surface area contributed by atoms with E-state index in [1.165, 1.54) is 0 Å². The molecule has 0 radical (unpaired) electrons. The third kappa shape index (κ3) is 11.4. The number of carboxylic acids is 1. The van der Waals surface area contributed by atoms with Gasteiger partial charge in [-0.1, -0.05) is 0 Å². The first-order valence-corrected chi connectivity index (χ1v) is 3.41. The van der Waals surface area contributed by atoms with E-state index in [-0.39, 0.29) is 42.6 Å². The summed E-state index contributed by atoms with van der Waals surface area (Å²) in [5.41, 5.74) is 0. The zero-order chi connectivity index (χ0) is 7.28. The number of aliphatic carboxylic acids is 1. The standard InChI is InChI=1S/C3H7O5P.Na/c4-3(5)1-2-8-9(6)7;/h9H,1-2H2,(H,4,5)(H,6,7);/q;+1/p-1. The minimum Gasteiger partial charge on any atom is -0.781 e. The monoisotopic (exact) mass is 176 g/mol. The molecule has 0 aliphatic rings. The molecule has 5 nitrogen and oxygen atoms in total. The van der Waals surface area contributed by atoms with Gasteiger partial charge in [-0.3, -0.25) is 4.79 Å². The molecule has 0 aliphatic carbocycles. The first-order valence-electron chi connectivity index (χ1n) is 2.18. The van der Waals surface area contributed by atoms with Crippen molar-refractivity contribution in [2.24, 2.45) is 0 Å². The van der Waals surface area contributed by atoms with Crippen LogP contribution in [0.5, 0.6) is 0 Å². The largest absolute Gasteiger partial charge is 1.00 e. The molecule has 0 heterocycles. The number of rotatable bonds is 4. The molecule has 0 spiro atoms. The van der Waals surface area contributed by atoms with Gasteiger partial charge in [0.1, 0.15) is 8.25 Å². The fraction of sp³-hybridized carbons (Fsp3) is 0.667. The van der Waals surface area contributed by atoms with Gasteiger partial charge in [0.15, 0.2) is 0 Å². The molecule has 0 saturated carbocycles. The quantitative estimate of drug-likeness (QED) is 0.351.